The summed E-state index contributed by atoms with van der Waals surface area (Å²) >= 11 is 0. The molecule has 0 saturated heterocycles. The highest BCUT2D eigenvalue weighted by molar-refractivity contribution is 6.00. The number of nitrogens with one attached hydrogen (secondary N) is 2. The Kier molecular flexibility index (Phi) is 4.80. The van der Waals surface area contributed by atoms with Crippen molar-refractivity contribution < 1.29 is 14.7 Å². The Balaban J connectivity index is 2.04. The number of aromatic carboxylic acids is 1. The van der Waals surface area contributed by atoms with E-state index in [1.54, 1.807) is 19.1 Å². The van der Waals surface area contributed by atoms with Gasteiger partial charge >= 0.3 is 12.0 Å². The van der Waals surface area contributed by atoms with Crippen LogP contribution in [0, 0.1) is 6.92 Å². The minimum Gasteiger partial charge on any atom is -0.478 e. The zero-order valence-corrected chi connectivity index (χ0v) is 12.1. The molecule has 6 nitrogen and oxygen atoms in total. The Bertz CT molecular complexity index is 545. The molecule has 2 amide bonds. The molecular formula is C15H21N3O3. The summed E-state index contributed by atoms with van der Waals surface area (Å²) < 4.78 is 0. The molecule has 21 heavy (non-hydrogen) atoms. The van der Waals surface area contributed by atoms with Crippen LogP contribution in [0.2, 0.25) is 0 Å². The minimum absolute atomic E-state index is 0.0403. The van der Waals surface area contributed by atoms with Crippen LogP contribution in [0.15, 0.2) is 18.2 Å². The second-order valence-corrected chi connectivity index (χ2v) is 5.51. The number of anilines is 1. The zero-order chi connectivity index (χ0) is 15.4. The van der Waals surface area contributed by atoms with Crippen LogP contribution < -0.4 is 16.4 Å². The molecule has 2 rings (SSSR count). The maximum absolute atomic E-state index is 12.0. The molecule has 2 unspecified atom stereocenters. The van der Waals surface area contributed by atoms with Crippen molar-refractivity contribution in [2.45, 2.75) is 44.7 Å². The lowest BCUT2D eigenvalue weighted by atomic mass is 9.91. The first-order valence-corrected chi connectivity index (χ1v) is 7.14. The lowest BCUT2D eigenvalue weighted by molar-refractivity contribution is 0.0698. The molecule has 114 valence electrons. The molecule has 0 radical (unpaired) electrons. The number of benzene rings is 1. The lowest BCUT2D eigenvalue weighted by Crippen LogP contribution is -2.50. The Morgan fingerprint density at radius 1 is 1.29 bits per heavy atom. The zero-order valence-electron chi connectivity index (χ0n) is 12.1. The molecule has 0 spiro atoms. The summed E-state index contributed by atoms with van der Waals surface area (Å²) in [5.41, 5.74) is 7.18. The summed E-state index contributed by atoms with van der Waals surface area (Å²) in [6.45, 7) is 1.80. The summed E-state index contributed by atoms with van der Waals surface area (Å²) in [4.78, 5) is 23.2. The van der Waals surface area contributed by atoms with Gasteiger partial charge in [0.25, 0.3) is 0 Å². The number of aryl methyl sites for hydroxylation is 1. The van der Waals surface area contributed by atoms with Gasteiger partial charge in [0.05, 0.1) is 11.3 Å². The molecular weight excluding hydrogens is 270 g/mol. The molecule has 1 aromatic rings. The van der Waals surface area contributed by atoms with Crippen molar-refractivity contribution in [1.82, 2.24) is 5.32 Å². The van der Waals surface area contributed by atoms with Crippen LogP contribution in [0.5, 0.6) is 0 Å². The first-order chi connectivity index (χ1) is 9.97. The second kappa shape index (κ2) is 6.58. The van der Waals surface area contributed by atoms with Crippen molar-refractivity contribution in [1.29, 1.82) is 0 Å². The number of hydrogen-bond donors (Lipinski definition) is 4. The van der Waals surface area contributed by atoms with Crippen molar-refractivity contribution in [3.8, 4) is 0 Å². The quantitative estimate of drug-likeness (QED) is 0.684. The van der Waals surface area contributed by atoms with Gasteiger partial charge in [-0.2, -0.15) is 0 Å². The fourth-order valence-corrected chi connectivity index (χ4v) is 2.61. The molecule has 0 aliphatic heterocycles. The maximum Gasteiger partial charge on any atom is 0.337 e. The number of hydrogen-bond acceptors (Lipinski definition) is 3. The molecule has 2 atom stereocenters. The third-order valence-corrected chi connectivity index (χ3v) is 3.79. The van der Waals surface area contributed by atoms with Crippen LogP contribution in [0.3, 0.4) is 0 Å². The number of amides is 2. The third-order valence-electron chi connectivity index (χ3n) is 3.79. The normalized spacial score (nSPS) is 21.6. The van der Waals surface area contributed by atoms with Crippen molar-refractivity contribution in [3.05, 3.63) is 29.3 Å². The number of carbonyl (C=O) groups is 2. The van der Waals surface area contributed by atoms with E-state index in [4.69, 9.17) is 5.73 Å². The van der Waals surface area contributed by atoms with Gasteiger partial charge in [-0.25, -0.2) is 9.59 Å². The highest BCUT2D eigenvalue weighted by Crippen LogP contribution is 2.19. The highest BCUT2D eigenvalue weighted by Gasteiger charge is 2.23. The highest BCUT2D eigenvalue weighted by atomic mass is 16.4. The minimum atomic E-state index is -1.07. The summed E-state index contributed by atoms with van der Waals surface area (Å²) in [6.07, 6.45) is 3.88. The van der Waals surface area contributed by atoms with Gasteiger partial charge in [0.2, 0.25) is 0 Å². The molecule has 0 bridgehead atoms. The molecule has 1 saturated carbocycles. The van der Waals surface area contributed by atoms with Crippen molar-refractivity contribution >= 4 is 17.7 Å². The SMILES string of the molecule is Cc1ccc(NC(=O)NC2CCCCC2N)c(C(=O)O)c1. The number of nitrogens with two attached hydrogens (primary N) is 1. The van der Waals surface area contributed by atoms with E-state index in [0.29, 0.717) is 0 Å². The van der Waals surface area contributed by atoms with E-state index in [0.717, 1.165) is 31.2 Å². The number of urea groups is 1. The van der Waals surface area contributed by atoms with Crippen LogP contribution >= 0.6 is 0 Å². The average molecular weight is 291 g/mol. The number of rotatable bonds is 3. The maximum atomic E-state index is 12.0. The molecule has 5 N–H and O–H groups in total. The summed E-state index contributed by atoms with van der Waals surface area (Å²) in [6, 6.07) is 4.38. The molecule has 1 aliphatic carbocycles. The van der Waals surface area contributed by atoms with E-state index in [-0.39, 0.29) is 23.3 Å². The van der Waals surface area contributed by atoms with Gasteiger partial charge in [0.15, 0.2) is 0 Å². The Morgan fingerprint density at radius 2 is 2.00 bits per heavy atom. The first kappa shape index (κ1) is 15.3. The second-order valence-electron chi connectivity index (χ2n) is 5.51. The largest absolute Gasteiger partial charge is 0.478 e. The smallest absolute Gasteiger partial charge is 0.337 e. The van der Waals surface area contributed by atoms with E-state index in [1.807, 2.05) is 0 Å². The summed E-state index contributed by atoms with van der Waals surface area (Å²) in [7, 11) is 0. The van der Waals surface area contributed by atoms with E-state index >= 15 is 0 Å². The van der Waals surface area contributed by atoms with E-state index in [1.165, 1.54) is 6.07 Å². The Morgan fingerprint density at radius 3 is 2.67 bits per heavy atom. The van der Waals surface area contributed by atoms with Crippen molar-refractivity contribution in [2.75, 3.05) is 5.32 Å². The van der Waals surface area contributed by atoms with Crippen molar-refractivity contribution in [3.63, 3.8) is 0 Å². The van der Waals surface area contributed by atoms with Gasteiger partial charge in [-0.15, -0.1) is 0 Å². The number of carboxylic acids is 1. The fraction of sp³-hybridized carbons (Fsp3) is 0.467. The van der Waals surface area contributed by atoms with Crippen LogP contribution in [0.1, 0.15) is 41.6 Å². The monoisotopic (exact) mass is 291 g/mol. The summed E-state index contributed by atoms with van der Waals surface area (Å²) in [5.74, 6) is -1.07. The van der Waals surface area contributed by atoms with Crippen molar-refractivity contribution in [2.24, 2.45) is 5.73 Å². The average Bonchev–Trinajstić information content (AvgIpc) is 2.43. The van der Waals surface area contributed by atoms with Crippen LogP contribution in [-0.2, 0) is 0 Å². The number of carbonyl (C=O) groups excluding carboxylic acids is 1. The van der Waals surface area contributed by atoms with Gasteiger partial charge in [-0.1, -0.05) is 24.5 Å². The molecule has 1 aromatic carbocycles. The molecule has 1 fully saturated rings. The van der Waals surface area contributed by atoms with Gasteiger partial charge in [-0.05, 0) is 31.9 Å². The molecule has 6 heteroatoms. The van der Waals surface area contributed by atoms with Gasteiger partial charge in [0, 0.05) is 12.1 Å². The van der Waals surface area contributed by atoms with E-state index in [2.05, 4.69) is 10.6 Å². The fourth-order valence-electron chi connectivity index (χ4n) is 2.61. The Hall–Kier alpha value is -2.08. The van der Waals surface area contributed by atoms with Gasteiger partial charge in [-0.3, -0.25) is 0 Å². The summed E-state index contributed by atoms with van der Waals surface area (Å²) in [5, 5.41) is 14.6. The van der Waals surface area contributed by atoms with Crippen LogP contribution in [-0.4, -0.2) is 29.2 Å². The lowest BCUT2D eigenvalue weighted by Gasteiger charge is -2.29. The standard InChI is InChI=1S/C15H21N3O3/c1-9-6-7-12(10(8-9)14(19)20)17-15(21)18-13-5-3-2-4-11(13)16/h6-8,11,13H,2-5,16H2,1H3,(H,19,20)(H2,17,18,21). The first-order valence-electron chi connectivity index (χ1n) is 7.14. The van der Waals surface area contributed by atoms with Crippen LogP contribution in [0.25, 0.3) is 0 Å². The molecule has 1 aliphatic rings. The van der Waals surface area contributed by atoms with Gasteiger partial charge < -0.3 is 21.5 Å². The van der Waals surface area contributed by atoms with E-state index in [9.17, 15) is 14.7 Å². The predicted molar refractivity (Wildman–Crippen MR) is 80.5 cm³/mol. The van der Waals surface area contributed by atoms with Gasteiger partial charge in [0.1, 0.15) is 0 Å². The van der Waals surface area contributed by atoms with E-state index < -0.39 is 12.0 Å². The third kappa shape index (κ3) is 3.95. The van der Waals surface area contributed by atoms with Crippen LogP contribution in [0.4, 0.5) is 10.5 Å². The Labute approximate surface area is 123 Å². The molecule has 0 heterocycles. The molecule has 0 aromatic heterocycles. The topological polar surface area (TPSA) is 104 Å². The predicted octanol–water partition coefficient (Wildman–Crippen LogP) is 2.08. The number of carboxylic acid groups (broad SMARTS) is 1.